The zero-order valence-electron chi connectivity index (χ0n) is 21.0. The fraction of sp³-hybridized carbons (Fsp3) is 0.583. The standard InChI is InChI=1S/C24H31FN2O9S/c1-15(2)10-22(29)34-14-35-23(30)26(16(3)28)12-19-13-27(24(31)36-19)18-4-5-20(21(25)11-18)17-6-8-37(32,33)9-7-17/h4-5,11,15,17,19H,6-10,12-14H2,1-3H3/t19-/m0/s1. The lowest BCUT2D eigenvalue weighted by Crippen LogP contribution is -2.42. The minimum atomic E-state index is -3.08. The average molecular weight is 543 g/mol. The molecule has 3 amide bonds. The van der Waals surface area contributed by atoms with Gasteiger partial charge >= 0.3 is 18.2 Å². The summed E-state index contributed by atoms with van der Waals surface area (Å²) in [7, 11) is -3.08. The van der Waals surface area contributed by atoms with Crippen LogP contribution in [0.1, 0.15) is 51.5 Å². The molecule has 3 rings (SSSR count). The van der Waals surface area contributed by atoms with E-state index in [4.69, 9.17) is 14.2 Å². The number of nitrogens with zero attached hydrogens (tertiary/aromatic N) is 2. The first-order chi connectivity index (χ1) is 17.4. The van der Waals surface area contributed by atoms with Gasteiger partial charge in [0.2, 0.25) is 12.7 Å². The molecule has 2 saturated heterocycles. The number of hydrogen-bond donors (Lipinski definition) is 0. The molecule has 37 heavy (non-hydrogen) atoms. The van der Waals surface area contributed by atoms with Gasteiger partial charge in [0.25, 0.3) is 0 Å². The molecular weight excluding hydrogens is 511 g/mol. The zero-order chi connectivity index (χ0) is 27.3. The van der Waals surface area contributed by atoms with Crippen molar-refractivity contribution in [3.8, 4) is 0 Å². The van der Waals surface area contributed by atoms with Gasteiger partial charge in [0.15, 0.2) is 0 Å². The first kappa shape index (κ1) is 28.4. The fourth-order valence-electron chi connectivity index (χ4n) is 4.19. The van der Waals surface area contributed by atoms with Gasteiger partial charge in [0, 0.05) is 13.3 Å². The van der Waals surface area contributed by atoms with Gasteiger partial charge in [-0.2, -0.15) is 0 Å². The van der Waals surface area contributed by atoms with Crippen molar-refractivity contribution in [3.63, 3.8) is 0 Å². The molecule has 1 atom stereocenters. The molecule has 0 saturated carbocycles. The summed E-state index contributed by atoms with van der Waals surface area (Å²) in [5, 5.41) is 0. The second-order valence-electron chi connectivity index (χ2n) is 9.52. The van der Waals surface area contributed by atoms with Gasteiger partial charge in [0.1, 0.15) is 21.8 Å². The molecule has 2 fully saturated rings. The van der Waals surface area contributed by atoms with Gasteiger partial charge in [0.05, 0.1) is 30.3 Å². The Hall–Kier alpha value is -3.22. The first-order valence-corrected chi connectivity index (χ1v) is 13.8. The molecule has 204 valence electrons. The number of halogens is 1. The van der Waals surface area contributed by atoms with Gasteiger partial charge in [-0.15, -0.1) is 0 Å². The van der Waals surface area contributed by atoms with Crippen molar-refractivity contribution < 1.29 is 46.2 Å². The first-order valence-electron chi connectivity index (χ1n) is 11.9. The molecule has 11 nitrogen and oxygen atoms in total. The van der Waals surface area contributed by atoms with Crippen LogP contribution in [0.25, 0.3) is 0 Å². The molecule has 0 spiro atoms. The molecular formula is C24H31FN2O9S. The monoisotopic (exact) mass is 542 g/mol. The smallest absolute Gasteiger partial charge is 0.419 e. The number of ether oxygens (including phenoxy) is 3. The van der Waals surface area contributed by atoms with Crippen LogP contribution >= 0.6 is 0 Å². The summed E-state index contributed by atoms with van der Waals surface area (Å²) in [6.07, 6.45) is -1.93. The van der Waals surface area contributed by atoms with E-state index in [0.717, 1.165) is 11.8 Å². The maximum absolute atomic E-state index is 14.9. The Kier molecular flexibility index (Phi) is 9.11. The average Bonchev–Trinajstić information content (AvgIpc) is 3.17. The van der Waals surface area contributed by atoms with Crippen molar-refractivity contribution in [3.05, 3.63) is 29.6 Å². The minimum Gasteiger partial charge on any atom is -0.442 e. The molecule has 0 bridgehead atoms. The van der Waals surface area contributed by atoms with E-state index in [1.54, 1.807) is 6.07 Å². The highest BCUT2D eigenvalue weighted by Crippen LogP contribution is 2.33. The second-order valence-corrected chi connectivity index (χ2v) is 11.8. The maximum Gasteiger partial charge on any atom is 0.419 e. The molecule has 2 heterocycles. The van der Waals surface area contributed by atoms with Gasteiger partial charge in [-0.1, -0.05) is 19.9 Å². The zero-order valence-corrected chi connectivity index (χ0v) is 21.8. The highest BCUT2D eigenvalue weighted by atomic mass is 32.2. The number of esters is 1. The fourth-order valence-corrected chi connectivity index (χ4v) is 5.69. The van der Waals surface area contributed by atoms with E-state index >= 15 is 0 Å². The summed E-state index contributed by atoms with van der Waals surface area (Å²) in [6, 6.07) is 4.27. The quantitative estimate of drug-likeness (QED) is 0.359. The lowest BCUT2D eigenvalue weighted by Gasteiger charge is -2.23. The van der Waals surface area contributed by atoms with E-state index < -0.39 is 52.6 Å². The number of rotatable bonds is 8. The molecule has 0 aromatic heterocycles. The molecule has 2 aliphatic heterocycles. The number of benzene rings is 1. The summed E-state index contributed by atoms with van der Waals surface area (Å²) in [5.74, 6) is -1.92. The predicted octanol–water partition coefficient (Wildman–Crippen LogP) is 2.98. The lowest BCUT2D eigenvalue weighted by atomic mass is 9.93. The van der Waals surface area contributed by atoms with Crippen molar-refractivity contribution in [1.82, 2.24) is 4.90 Å². The Morgan fingerprint density at radius 1 is 1.19 bits per heavy atom. The van der Waals surface area contributed by atoms with E-state index in [-0.39, 0.29) is 48.5 Å². The molecule has 1 aromatic rings. The molecule has 1 aromatic carbocycles. The van der Waals surface area contributed by atoms with Crippen LogP contribution in [0.15, 0.2) is 18.2 Å². The second kappa shape index (κ2) is 11.9. The van der Waals surface area contributed by atoms with Gasteiger partial charge in [-0.3, -0.25) is 14.5 Å². The van der Waals surface area contributed by atoms with Crippen LogP contribution in [0.5, 0.6) is 0 Å². The van der Waals surface area contributed by atoms with Crippen LogP contribution in [0, 0.1) is 11.7 Å². The van der Waals surface area contributed by atoms with Crippen LogP contribution in [0.3, 0.4) is 0 Å². The Morgan fingerprint density at radius 2 is 1.86 bits per heavy atom. The highest BCUT2D eigenvalue weighted by molar-refractivity contribution is 7.91. The predicted molar refractivity (Wildman–Crippen MR) is 129 cm³/mol. The van der Waals surface area contributed by atoms with Crippen molar-refractivity contribution in [2.24, 2.45) is 5.92 Å². The van der Waals surface area contributed by atoms with Gasteiger partial charge in [-0.05, 0) is 42.4 Å². The number of anilines is 1. The third-order valence-corrected chi connectivity index (χ3v) is 7.84. The molecule has 0 aliphatic carbocycles. The normalized spacial score (nSPS) is 19.4. The molecule has 0 unspecified atom stereocenters. The van der Waals surface area contributed by atoms with E-state index in [0.29, 0.717) is 18.4 Å². The van der Waals surface area contributed by atoms with Crippen LogP contribution in [0.2, 0.25) is 0 Å². The van der Waals surface area contributed by atoms with Crippen LogP contribution in [-0.2, 0) is 33.6 Å². The number of cyclic esters (lactones) is 1. The number of amides is 3. The minimum absolute atomic E-state index is 0.00838. The largest absolute Gasteiger partial charge is 0.442 e. The van der Waals surface area contributed by atoms with Crippen molar-refractivity contribution in [2.75, 3.05) is 36.3 Å². The Balaban J connectivity index is 1.59. The van der Waals surface area contributed by atoms with Crippen molar-refractivity contribution >= 4 is 39.6 Å². The summed E-state index contributed by atoms with van der Waals surface area (Å²) < 4.78 is 53.1. The molecule has 2 aliphatic rings. The Morgan fingerprint density at radius 3 is 2.46 bits per heavy atom. The summed E-state index contributed by atoms with van der Waals surface area (Å²) in [5.41, 5.74) is 0.619. The van der Waals surface area contributed by atoms with Crippen LogP contribution < -0.4 is 4.90 Å². The highest BCUT2D eigenvalue weighted by Gasteiger charge is 2.36. The van der Waals surface area contributed by atoms with Crippen molar-refractivity contribution in [1.29, 1.82) is 0 Å². The topological polar surface area (TPSA) is 137 Å². The van der Waals surface area contributed by atoms with Crippen LogP contribution in [0.4, 0.5) is 19.7 Å². The maximum atomic E-state index is 14.9. The Bertz CT molecular complexity index is 1140. The van der Waals surface area contributed by atoms with E-state index in [1.165, 1.54) is 17.0 Å². The summed E-state index contributed by atoms with van der Waals surface area (Å²) >= 11 is 0. The third-order valence-electron chi connectivity index (χ3n) is 6.13. The number of carbonyl (C=O) groups excluding carboxylic acids is 4. The SMILES string of the molecule is CC(=O)N(C[C@H]1CN(c2ccc(C3CCS(=O)(=O)CC3)c(F)c2)C(=O)O1)C(=O)OCOC(=O)CC(C)C. The van der Waals surface area contributed by atoms with Gasteiger partial charge in [-0.25, -0.2) is 27.3 Å². The number of hydrogen-bond acceptors (Lipinski definition) is 9. The molecule has 0 N–H and O–H groups in total. The number of imide groups is 1. The number of sulfone groups is 1. The van der Waals surface area contributed by atoms with Gasteiger partial charge < -0.3 is 14.2 Å². The third kappa shape index (κ3) is 7.63. The van der Waals surface area contributed by atoms with E-state index in [1.807, 2.05) is 13.8 Å². The number of carbonyl (C=O) groups is 4. The Labute approximate surface area is 214 Å². The molecule has 0 radical (unpaired) electrons. The van der Waals surface area contributed by atoms with Crippen molar-refractivity contribution in [2.45, 2.75) is 52.1 Å². The lowest BCUT2D eigenvalue weighted by molar-refractivity contribution is -0.153. The van der Waals surface area contributed by atoms with E-state index in [2.05, 4.69) is 0 Å². The van der Waals surface area contributed by atoms with E-state index in [9.17, 15) is 32.0 Å². The summed E-state index contributed by atoms with van der Waals surface area (Å²) in [4.78, 5) is 50.3. The van der Waals surface area contributed by atoms with Crippen LogP contribution in [-0.4, -0.2) is 74.9 Å². The summed E-state index contributed by atoms with van der Waals surface area (Å²) in [6.45, 7) is 3.75. The molecule has 13 heteroatoms.